The van der Waals surface area contributed by atoms with Crippen LogP contribution in [0.1, 0.15) is 12.0 Å². The lowest BCUT2D eigenvalue weighted by Gasteiger charge is -2.19. The van der Waals surface area contributed by atoms with E-state index in [0.29, 0.717) is 11.4 Å². The number of benzene rings is 2. The van der Waals surface area contributed by atoms with Crippen LogP contribution in [0.3, 0.4) is 0 Å². The van der Waals surface area contributed by atoms with Crippen molar-refractivity contribution in [2.45, 2.75) is 13.3 Å². The Morgan fingerprint density at radius 1 is 1.26 bits per heavy atom. The average Bonchev–Trinajstić information content (AvgIpc) is 3.13. The standard InChI is InChI=1S/C21H21N3O7/c1-13-4-3-5-15(8-13)22-19(25)12-31-21(27)14-9-20(26)23(11-14)17-7-6-16(24(28)29)10-18(17)30-2/h3-8,10,14H,9,11-12H2,1-2H3,(H,22,25)/t14-/m1/s1. The molecule has 31 heavy (non-hydrogen) atoms. The maximum Gasteiger partial charge on any atom is 0.311 e. The Morgan fingerprint density at radius 3 is 2.71 bits per heavy atom. The third-order valence-corrected chi connectivity index (χ3v) is 4.77. The Kier molecular flexibility index (Phi) is 6.49. The zero-order valence-corrected chi connectivity index (χ0v) is 17.0. The van der Waals surface area contributed by atoms with Gasteiger partial charge in [0.1, 0.15) is 5.75 Å². The van der Waals surface area contributed by atoms with Crippen LogP contribution in [-0.4, -0.2) is 43.0 Å². The van der Waals surface area contributed by atoms with E-state index >= 15 is 0 Å². The van der Waals surface area contributed by atoms with Crippen LogP contribution >= 0.6 is 0 Å². The Labute approximate surface area is 177 Å². The fourth-order valence-corrected chi connectivity index (χ4v) is 3.28. The summed E-state index contributed by atoms with van der Waals surface area (Å²) >= 11 is 0. The number of ether oxygens (including phenoxy) is 2. The highest BCUT2D eigenvalue weighted by molar-refractivity contribution is 6.01. The molecule has 1 N–H and O–H groups in total. The van der Waals surface area contributed by atoms with Crippen LogP contribution in [0, 0.1) is 23.0 Å². The van der Waals surface area contributed by atoms with E-state index in [9.17, 15) is 24.5 Å². The van der Waals surface area contributed by atoms with Crippen molar-refractivity contribution in [3.63, 3.8) is 0 Å². The first-order valence-electron chi connectivity index (χ1n) is 9.44. The molecule has 1 fully saturated rings. The number of carbonyl (C=O) groups is 3. The second-order valence-corrected chi connectivity index (χ2v) is 7.04. The predicted molar refractivity (Wildman–Crippen MR) is 111 cm³/mol. The van der Waals surface area contributed by atoms with Crippen LogP contribution in [-0.2, 0) is 19.1 Å². The lowest BCUT2D eigenvalue weighted by Crippen LogP contribution is -2.28. The maximum absolute atomic E-state index is 12.4. The molecule has 2 amide bonds. The van der Waals surface area contributed by atoms with Crippen molar-refractivity contribution in [3.05, 3.63) is 58.1 Å². The quantitative estimate of drug-likeness (QED) is 0.408. The van der Waals surface area contributed by atoms with E-state index in [0.717, 1.165) is 5.56 Å². The maximum atomic E-state index is 12.4. The van der Waals surface area contributed by atoms with Crippen LogP contribution in [0.25, 0.3) is 0 Å². The Hall–Kier alpha value is -3.95. The molecule has 1 aliphatic rings. The highest BCUT2D eigenvalue weighted by Crippen LogP contribution is 2.35. The van der Waals surface area contributed by atoms with E-state index in [1.165, 1.54) is 30.2 Å². The van der Waals surface area contributed by atoms with Crippen molar-refractivity contribution in [3.8, 4) is 5.75 Å². The third kappa shape index (κ3) is 5.16. The molecule has 1 heterocycles. The molecule has 0 saturated carbocycles. The van der Waals surface area contributed by atoms with Crippen molar-refractivity contribution in [2.75, 3.05) is 30.5 Å². The van der Waals surface area contributed by atoms with Gasteiger partial charge in [0.05, 0.1) is 29.7 Å². The average molecular weight is 427 g/mol. The zero-order chi connectivity index (χ0) is 22.5. The van der Waals surface area contributed by atoms with Gasteiger partial charge in [-0.15, -0.1) is 0 Å². The van der Waals surface area contributed by atoms with Crippen molar-refractivity contribution in [2.24, 2.45) is 5.92 Å². The van der Waals surface area contributed by atoms with Crippen molar-refractivity contribution in [1.29, 1.82) is 0 Å². The minimum absolute atomic E-state index is 0.0192. The van der Waals surface area contributed by atoms with Crippen LogP contribution in [0.2, 0.25) is 0 Å². The number of esters is 1. The number of nitrogens with one attached hydrogen (secondary N) is 1. The van der Waals surface area contributed by atoms with Gasteiger partial charge in [0, 0.05) is 24.7 Å². The number of nitrogens with zero attached hydrogens (tertiary/aromatic N) is 2. The first-order chi connectivity index (χ1) is 14.8. The van der Waals surface area contributed by atoms with Crippen molar-refractivity contribution in [1.82, 2.24) is 0 Å². The molecule has 0 radical (unpaired) electrons. The smallest absolute Gasteiger partial charge is 0.311 e. The Morgan fingerprint density at radius 2 is 2.03 bits per heavy atom. The summed E-state index contributed by atoms with van der Waals surface area (Å²) in [5.41, 5.74) is 1.71. The molecule has 1 aliphatic heterocycles. The summed E-state index contributed by atoms with van der Waals surface area (Å²) < 4.78 is 10.2. The number of carbonyl (C=O) groups excluding carboxylic acids is 3. The number of anilines is 2. The second-order valence-electron chi connectivity index (χ2n) is 7.04. The number of nitro benzene ring substituents is 1. The van der Waals surface area contributed by atoms with Gasteiger partial charge >= 0.3 is 5.97 Å². The molecule has 0 aliphatic carbocycles. The Balaban J connectivity index is 1.60. The molecule has 0 unspecified atom stereocenters. The van der Waals surface area contributed by atoms with Crippen LogP contribution in [0.5, 0.6) is 5.75 Å². The van der Waals surface area contributed by atoms with Gasteiger partial charge < -0.3 is 19.7 Å². The van der Waals surface area contributed by atoms with Crippen molar-refractivity contribution >= 4 is 34.8 Å². The van der Waals surface area contributed by atoms with Crippen LogP contribution in [0.15, 0.2) is 42.5 Å². The largest absolute Gasteiger partial charge is 0.494 e. The summed E-state index contributed by atoms with van der Waals surface area (Å²) in [4.78, 5) is 48.5. The van der Waals surface area contributed by atoms with Gasteiger partial charge in [-0.25, -0.2) is 0 Å². The van der Waals surface area contributed by atoms with Crippen LogP contribution in [0.4, 0.5) is 17.1 Å². The first-order valence-corrected chi connectivity index (χ1v) is 9.44. The minimum atomic E-state index is -0.765. The monoisotopic (exact) mass is 427 g/mol. The van der Waals surface area contributed by atoms with Crippen molar-refractivity contribution < 1.29 is 28.8 Å². The molecule has 162 valence electrons. The number of non-ortho nitro benzene ring substituents is 1. The van der Waals surface area contributed by atoms with Gasteiger partial charge in [0.15, 0.2) is 6.61 Å². The number of rotatable bonds is 7. The molecule has 0 spiro atoms. The van der Waals surface area contributed by atoms with Gasteiger partial charge in [0.2, 0.25) is 5.91 Å². The van der Waals surface area contributed by atoms with E-state index in [1.54, 1.807) is 18.2 Å². The summed E-state index contributed by atoms with van der Waals surface area (Å²) in [6, 6.07) is 11.1. The molecule has 1 saturated heterocycles. The molecule has 10 nitrogen and oxygen atoms in total. The van der Waals surface area contributed by atoms with E-state index in [1.807, 2.05) is 13.0 Å². The predicted octanol–water partition coefficient (Wildman–Crippen LogP) is 2.45. The number of hydrogen-bond acceptors (Lipinski definition) is 7. The van der Waals surface area contributed by atoms with E-state index in [-0.39, 0.29) is 30.3 Å². The lowest BCUT2D eigenvalue weighted by atomic mass is 10.1. The summed E-state index contributed by atoms with van der Waals surface area (Å²) in [6.07, 6.45) is -0.0987. The Bertz CT molecular complexity index is 1040. The highest BCUT2D eigenvalue weighted by atomic mass is 16.6. The van der Waals surface area contributed by atoms with Gasteiger partial charge in [-0.05, 0) is 30.7 Å². The topological polar surface area (TPSA) is 128 Å². The van der Waals surface area contributed by atoms with Gasteiger partial charge in [-0.1, -0.05) is 12.1 Å². The molecule has 0 bridgehead atoms. The molecule has 0 aromatic heterocycles. The highest BCUT2D eigenvalue weighted by Gasteiger charge is 2.37. The normalized spacial score (nSPS) is 15.5. The first kappa shape index (κ1) is 21.8. The zero-order valence-electron chi connectivity index (χ0n) is 17.0. The summed E-state index contributed by atoms with van der Waals surface area (Å²) in [7, 11) is 1.34. The molecule has 3 rings (SSSR count). The molecular formula is C21H21N3O7. The van der Waals surface area contributed by atoms with Crippen LogP contribution < -0.4 is 15.0 Å². The van der Waals surface area contributed by atoms with E-state index in [2.05, 4.69) is 5.32 Å². The lowest BCUT2D eigenvalue weighted by molar-refractivity contribution is -0.384. The number of aryl methyl sites for hydroxylation is 1. The fourth-order valence-electron chi connectivity index (χ4n) is 3.28. The van der Waals surface area contributed by atoms with Gasteiger partial charge in [-0.2, -0.15) is 0 Å². The second kappa shape index (κ2) is 9.24. The minimum Gasteiger partial charge on any atom is -0.494 e. The number of methoxy groups -OCH3 is 1. The summed E-state index contributed by atoms with van der Waals surface area (Å²) in [5.74, 6) is -2.13. The number of nitro groups is 1. The van der Waals surface area contributed by atoms with Gasteiger partial charge in [0.25, 0.3) is 11.6 Å². The molecule has 1 atom stereocenters. The molecule has 2 aromatic rings. The van der Waals surface area contributed by atoms with Gasteiger partial charge in [-0.3, -0.25) is 24.5 Å². The SMILES string of the molecule is COc1cc([N+](=O)[O-])ccc1N1C[C@H](C(=O)OCC(=O)Nc2cccc(C)c2)CC1=O. The fraction of sp³-hybridized carbons (Fsp3) is 0.286. The number of amides is 2. The third-order valence-electron chi connectivity index (χ3n) is 4.77. The summed E-state index contributed by atoms with van der Waals surface area (Å²) in [5, 5.41) is 13.6. The summed E-state index contributed by atoms with van der Waals surface area (Å²) in [6.45, 7) is 1.43. The molecular weight excluding hydrogens is 406 g/mol. The van der Waals surface area contributed by atoms with E-state index < -0.39 is 29.3 Å². The number of hydrogen-bond donors (Lipinski definition) is 1. The molecule has 2 aromatic carbocycles. The van der Waals surface area contributed by atoms with E-state index in [4.69, 9.17) is 9.47 Å². The molecule has 10 heteroatoms.